The van der Waals surface area contributed by atoms with Gasteiger partial charge in [-0.05, 0) is 30.2 Å². The molecule has 1 aromatic carbocycles. The smallest absolute Gasteiger partial charge is 0.344 e. The summed E-state index contributed by atoms with van der Waals surface area (Å²) in [4.78, 5) is 13.2. The molecular weight excluding hydrogens is 435 g/mol. The number of nitrogens with zero attached hydrogens (tertiary/aromatic N) is 5. The third-order valence-electron chi connectivity index (χ3n) is 5.02. The van der Waals surface area contributed by atoms with Crippen LogP contribution < -0.4 is 4.90 Å². The molecule has 0 radical (unpaired) electrons. The highest BCUT2D eigenvalue weighted by molar-refractivity contribution is 7.09. The van der Waals surface area contributed by atoms with E-state index in [4.69, 9.17) is 11.6 Å². The molecule has 1 aliphatic rings. The molecule has 4 rings (SSSR count). The van der Waals surface area contributed by atoms with E-state index in [0.29, 0.717) is 10.8 Å². The van der Waals surface area contributed by atoms with E-state index < -0.39 is 11.7 Å². The zero-order valence-corrected chi connectivity index (χ0v) is 17.5. The Kier molecular flexibility index (Phi) is 6.21. The second kappa shape index (κ2) is 8.87. The molecule has 0 aliphatic carbocycles. The second-order valence-corrected chi connectivity index (χ2v) is 8.23. The van der Waals surface area contributed by atoms with Crippen LogP contribution in [0.5, 0.6) is 0 Å². The van der Waals surface area contributed by atoms with Crippen LogP contribution in [0, 0.1) is 0 Å². The highest BCUT2D eigenvalue weighted by Crippen LogP contribution is 2.29. The molecular formula is C20H19ClF3N5S. The van der Waals surface area contributed by atoms with E-state index in [1.165, 1.54) is 11.5 Å². The summed E-state index contributed by atoms with van der Waals surface area (Å²) in [5.74, 6) is 0.620. The SMILES string of the molecule is FC(F)(F)c1ccc(CCN2CCN(c3nc(-c4cncc(Cl)c4)ns3)CC2)cc1. The Morgan fingerprint density at radius 2 is 1.77 bits per heavy atom. The quantitative estimate of drug-likeness (QED) is 0.563. The number of benzene rings is 1. The van der Waals surface area contributed by atoms with Crippen molar-refractivity contribution in [2.24, 2.45) is 0 Å². The Bertz CT molecular complexity index is 985. The molecule has 0 N–H and O–H groups in total. The average molecular weight is 454 g/mol. The fourth-order valence-electron chi connectivity index (χ4n) is 3.31. The number of hydrogen-bond acceptors (Lipinski definition) is 6. The number of pyridine rings is 1. The Hall–Kier alpha value is -2.23. The first-order valence-corrected chi connectivity index (χ1v) is 10.6. The van der Waals surface area contributed by atoms with Gasteiger partial charge in [0.1, 0.15) is 0 Å². The van der Waals surface area contributed by atoms with Crippen LogP contribution in [0.4, 0.5) is 18.3 Å². The molecule has 10 heteroatoms. The lowest BCUT2D eigenvalue weighted by atomic mass is 10.1. The molecule has 2 aromatic heterocycles. The van der Waals surface area contributed by atoms with Gasteiger partial charge in [-0.1, -0.05) is 23.7 Å². The van der Waals surface area contributed by atoms with Crippen molar-refractivity contribution in [2.45, 2.75) is 12.6 Å². The second-order valence-electron chi connectivity index (χ2n) is 7.07. The van der Waals surface area contributed by atoms with Crippen LogP contribution in [-0.2, 0) is 12.6 Å². The molecule has 0 unspecified atom stereocenters. The van der Waals surface area contributed by atoms with Crippen molar-refractivity contribution in [1.29, 1.82) is 0 Å². The Morgan fingerprint density at radius 1 is 1.03 bits per heavy atom. The fourth-order valence-corrected chi connectivity index (χ4v) is 4.22. The molecule has 0 bridgehead atoms. The predicted octanol–water partition coefficient (Wildman–Crippen LogP) is 4.64. The number of piperazine rings is 1. The van der Waals surface area contributed by atoms with Crippen molar-refractivity contribution in [3.63, 3.8) is 0 Å². The molecule has 5 nitrogen and oxygen atoms in total. The van der Waals surface area contributed by atoms with Gasteiger partial charge in [-0.2, -0.15) is 22.5 Å². The van der Waals surface area contributed by atoms with Gasteiger partial charge in [0.05, 0.1) is 10.6 Å². The number of alkyl halides is 3. The number of anilines is 1. The Morgan fingerprint density at radius 3 is 2.43 bits per heavy atom. The number of rotatable bonds is 5. The minimum absolute atomic E-state index is 0.547. The predicted molar refractivity (Wildman–Crippen MR) is 112 cm³/mol. The normalized spacial score (nSPS) is 15.5. The maximum atomic E-state index is 12.7. The highest BCUT2D eigenvalue weighted by Gasteiger charge is 2.30. The third-order valence-corrected chi connectivity index (χ3v) is 6.00. The van der Waals surface area contributed by atoms with E-state index in [1.807, 2.05) is 0 Å². The van der Waals surface area contributed by atoms with Crippen molar-refractivity contribution >= 4 is 28.3 Å². The summed E-state index contributed by atoms with van der Waals surface area (Å²) in [7, 11) is 0. The van der Waals surface area contributed by atoms with Crippen LogP contribution in [0.25, 0.3) is 11.4 Å². The molecule has 0 atom stereocenters. The lowest BCUT2D eigenvalue weighted by Crippen LogP contribution is -2.47. The minimum atomic E-state index is -4.29. The summed E-state index contributed by atoms with van der Waals surface area (Å²) in [6.45, 7) is 4.21. The minimum Gasteiger partial charge on any atom is -0.344 e. The highest BCUT2D eigenvalue weighted by atomic mass is 35.5. The van der Waals surface area contributed by atoms with Gasteiger partial charge in [-0.3, -0.25) is 9.88 Å². The van der Waals surface area contributed by atoms with Crippen molar-refractivity contribution < 1.29 is 13.2 Å². The maximum Gasteiger partial charge on any atom is 0.416 e. The van der Waals surface area contributed by atoms with Crippen LogP contribution >= 0.6 is 23.1 Å². The summed E-state index contributed by atoms with van der Waals surface area (Å²) in [5, 5.41) is 1.41. The molecule has 1 fully saturated rings. The maximum absolute atomic E-state index is 12.7. The molecule has 30 heavy (non-hydrogen) atoms. The van der Waals surface area contributed by atoms with Crippen molar-refractivity contribution in [3.05, 3.63) is 58.9 Å². The third kappa shape index (κ3) is 5.08. The van der Waals surface area contributed by atoms with Crippen LogP contribution in [0.3, 0.4) is 0 Å². The molecule has 3 aromatic rings. The lowest BCUT2D eigenvalue weighted by Gasteiger charge is -2.34. The molecule has 1 aliphatic heterocycles. The Labute approximate surface area is 181 Å². The van der Waals surface area contributed by atoms with E-state index in [9.17, 15) is 13.2 Å². The van der Waals surface area contributed by atoms with E-state index in [1.54, 1.807) is 30.6 Å². The van der Waals surface area contributed by atoms with Crippen LogP contribution in [0.15, 0.2) is 42.7 Å². The number of aromatic nitrogens is 3. The van der Waals surface area contributed by atoms with Crippen LogP contribution in [0.2, 0.25) is 5.02 Å². The monoisotopic (exact) mass is 453 g/mol. The van der Waals surface area contributed by atoms with Gasteiger partial charge < -0.3 is 4.90 Å². The number of hydrogen-bond donors (Lipinski definition) is 0. The molecule has 0 saturated carbocycles. The topological polar surface area (TPSA) is 45.2 Å². The number of halogens is 4. The van der Waals surface area contributed by atoms with Crippen LogP contribution in [-0.4, -0.2) is 52.0 Å². The zero-order valence-electron chi connectivity index (χ0n) is 15.9. The summed E-state index contributed by atoms with van der Waals surface area (Å²) >= 11 is 7.34. The molecule has 158 valence electrons. The van der Waals surface area contributed by atoms with Crippen LogP contribution in [0.1, 0.15) is 11.1 Å². The molecule has 3 heterocycles. The summed E-state index contributed by atoms with van der Waals surface area (Å²) in [5.41, 5.74) is 1.10. The fraction of sp³-hybridized carbons (Fsp3) is 0.350. The summed E-state index contributed by atoms with van der Waals surface area (Å²) < 4.78 is 42.4. The van der Waals surface area contributed by atoms with Gasteiger partial charge in [0.2, 0.25) is 5.13 Å². The van der Waals surface area contributed by atoms with Gasteiger partial charge in [0.25, 0.3) is 0 Å². The molecule has 1 saturated heterocycles. The van der Waals surface area contributed by atoms with Gasteiger partial charge in [-0.15, -0.1) is 0 Å². The van der Waals surface area contributed by atoms with Gasteiger partial charge >= 0.3 is 6.18 Å². The van der Waals surface area contributed by atoms with E-state index in [-0.39, 0.29) is 0 Å². The van der Waals surface area contributed by atoms with E-state index >= 15 is 0 Å². The van der Waals surface area contributed by atoms with Gasteiger partial charge in [0, 0.05) is 62.2 Å². The summed E-state index contributed by atoms with van der Waals surface area (Å²) in [6.07, 6.45) is -0.301. The van der Waals surface area contributed by atoms with Gasteiger partial charge in [0.15, 0.2) is 5.82 Å². The first kappa shape index (κ1) is 21.0. The zero-order chi connectivity index (χ0) is 21.1. The van der Waals surface area contributed by atoms with E-state index in [0.717, 1.165) is 67.5 Å². The Balaban J connectivity index is 1.28. The first-order chi connectivity index (χ1) is 14.4. The first-order valence-electron chi connectivity index (χ1n) is 9.46. The van der Waals surface area contributed by atoms with Gasteiger partial charge in [-0.25, -0.2) is 0 Å². The lowest BCUT2D eigenvalue weighted by molar-refractivity contribution is -0.137. The summed E-state index contributed by atoms with van der Waals surface area (Å²) in [6, 6.07) is 7.21. The van der Waals surface area contributed by atoms with Crippen molar-refractivity contribution in [2.75, 3.05) is 37.6 Å². The standard InChI is InChI=1S/C20H19ClF3N5S/c21-17-11-15(12-25-13-17)18-26-19(30-27-18)29-9-7-28(8-10-29)6-5-14-1-3-16(4-2-14)20(22,23)24/h1-4,11-13H,5-10H2. The van der Waals surface area contributed by atoms with Crippen molar-refractivity contribution in [1.82, 2.24) is 19.2 Å². The molecule has 0 amide bonds. The molecule has 0 spiro atoms. The van der Waals surface area contributed by atoms with E-state index in [2.05, 4.69) is 24.1 Å². The van der Waals surface area contributed by atoms with Crippen molar-refractivity contribution in [3.8, 4) is 11.4 Å². The average Bonchev–Trinajstić information content (AvgIpc) is 3.23. The largest absolute Gasteiger partial charge is 0.416 e.